The molecule has 1 atom stereocenters. The Morgan fingerprint density at radius 3 is 2.09 bits per heavy atom. The minimum Gasteiger partial charge on any atom is -0.468 e. The number of hydrogen-bond acceptors (Lipinski definition) is 5. The van der Waals surface area contributed by atoms with Crippen molar-refractivity contribution in [3.05, 3.63) is 101 Å². The molecule has 0 amide bonds. The van der Waals surface area contributed by atoms with Gasteiger partial charge in [0.25, 0.3) is 0 Å². The molecular weight excluding hydrogens is 402 g/mol. The first-order valence-electron chi connectivity index (χ1n) is 10.6. The Balaban J connectivity index is 2.01. The maximum Gasteiger partial charge on any atom is 0.326 e. The van der Waals surface area contributed by atoms with Crippen LogP contribution in [-0.2, 0) is 32.0 Å². The van der Waals surface area contributed by atoms with Gasteiger partial charge in [-0.25, -0.2) is 0 Å². The molecule has 3 aromatic rings. The van der Waals surface area contributed by atoms with E-state index in [0.29, 0.717) is 6.54 Å². The lowest BCUT2D eigenvalue weighted by Crippen LogP contribution is -2.56. The number of esters is 2. The van der Waals surface area contributed by atoms with Crippen LogP contribution in [0.25, 0.3) is 0 Å². The minimum absolute atomic E-state index is 0.203. The molecule has 1 aliphatic rings. The average Bonchev–Trinajstić information content (AvgIpc) is 2.83. The molecule has 164 valence electrons. The molecule has 0 saturated carbocycles. The smallest absolute Gasteiger partial charge is 0.326 e. The van der Waals surface area contributed by atoms with E-state index >= 15 is 0 Å². The minimum atomic E-state index is -1.54. The van der Waals surface area contributed by atoms with E-state index in [1.807, 2.05) is 73.7 Å². The van der Waals surface area contributed by atoms with Gasteiger partial charge in [0.1, 0.15) is 0 Å². The fourth-order valence-corrected chi connectivity index (χ4v) is 4.81. The summed E-state index contributed by atoms with van der Waals surface area (Å²) in [5.41, 5.74) is 3.36. The number of benzene rings is 3. The first-order valence-corrected chi connectivity index (χ1v) is 10.6. The number of methoxy groups -OCH3 is 2. The van der Waals surface area contributed by atoms with E-state index in [9.17, 15) is 9.59 Å². The Morgan fingerprint density at radius 1 is 0.906 bits per heavy atom. The summed E-state index contributed by atoms with van der Waals surface area (Å²) < 4.78 is 10.5. The number of rotatable bonds is 5. The molecule has 0 saturated heterocycles. The predicted octanol–water partition coefficient (Wildman–Crippen LogP) is 4.63. The highest BCUT2D eigenvalue weighted by atomic mass is 16.5. The quantitative estimate of drug-likeness (QED) is 0.437. The molecule has 0 aliphatic carbocycles. The van der Waals surface area contributed by atoms with E-state index in [1.54, 1.807) is 0 Å². The Morgan fingerprint density at radius 2 is 1.50 bits per heavy atom. The molecule has 3 aromatic carbocycles. The van der Waals surface area contributed by atoms with Crippen LogP contribution in [0.5, 0.6) is 0 Å². The monoisotopic (exact) mass is 429 g/mol. The van der Waals surface area contributed by atoms with Crippen LogP contribution in [0.1, 0.15) is 28.3 Å². The summed E-state index contributed by atoms with van der Waals surface area (Å²) in [6.45, 7) is 2.52. The summed E-state index contributed by atoms with van der Waals surface area (Å²) in [5.74, 6) is -1.19. The fraction of sp³-hybridized carbons (Fsp3) is 0.259. The number of hydrogen-bond donors (Lipinski definition) is 0. The molecule has 1 aliphatic heterocycles. The van der Waals surface area contributed by atoms with Crippen LogP contribution < -0.4 is 4.90 Å². The Bertz CT molecular complexity index is 1100. The summed E-state index contributed by atoms with van der Waals surface area (Å²) in [4.78, 5) is 29.0. The van der Waals surface area contributed by atoms with Gasteiger partial charge in [0.05, 0.1) is 20.3 Å². The summed E-state index contributed by atoms with van der Waals surface area (Å²) in [6, 6.07) is 25.2. The van der Waals surface area contributed by atoms with Crippen LogP contribution in [-0.4, -0.2) is 26.2 Å². The second kappa shape index (κ2) is 8.87. The van der Waals surface area contributed by atoms with Gasteiger partial charge in [0.2, 0.25) is 0 Å². The first kappa shape index (κ1) is 21.6. The number of nitrogens with zero attached hydrogens (tertiary/aromatic N) is 1. The number of aryl methyl sites for hydroxylation is 1. The van der Waals surface area contributed by atoms with Gasteiger partial charge in [-0.05, 0) is 29.7 Å². The van der Waals surface area contributed by atoms with Crippen LogP contribution in [0.4, 0.5) is 5.69 Å². The molecule has 0 radical (unpaired) electrons. The molecule has 4 rings (SSSR count). The van der Waals surface area contributed by atoms with Crippen LogP contribution in [0.3, 0.4) is 0 Å². The third-order valence-electron chi connectivity index (χ3n) is 6.20. The summed E-state index contributed by atoms with van der Waals surface area (Å²) in [5, 5.41) is 0. The third-order valence-corrected chi connectivity index (χ3v) is 6.20. The first-order chi connectivity index (χ1) is 15.5. The van der Waals surface area contributed by atoms with Crippen LogP contribution >= 0.6 is 0 Å². The van der Waals surface area contributed by atoms with Crippen LogP contribution in [0.15, 0.2) is 78.9 Å². The number of ether oxygens (including phenoxy) is 2. The molecule has 0 fully saturated rings. The lowest BCUT2D eigenvalue weighted by Gasteiger charge is -2.48. The highest BCUT2D eigenvalue weighted by Crippen LogP contribution is 2.51. The molecule has 5 nitrogen and oxygen atoms in total. The van der Waals surface area contributed by atoms with Crippen molar-refractivity contribution in [3.8, 4) is 0 Å². The van der Waals surface area contributed by atoms with Crippen molar-refractivity contribution in [1.82, 2.24) is 0 Å². The van der Waals surface area contributed by atoms with Crippen molar-refractivity contribution in [2.24, 2.45) is 5.41 Å². The molecule has 0 bridgehead atoms. The lowest BCUT2D eigenvalue weighted by molar-refractivity contribution is -0.171. The van der Waals surface area contributed by atoms with Crippen molar-refractivity contribution in [1.29, 1.82) is 0 Å². The topological polar surface area (TPSA) is 55.8 Å². The summed E-state index contributed by atoms with van der Waals surface area (Å²) in [7, 11) is 2.64. The van der Waals surface area contributed by atoms with Crippen molar-refractivity contribution in [2.75, 3.05) is 19.1 Å². The molecule has 0 aromatic heterocycles. The predicted molar refractivity (Wildman–Crippen MR) is 123 cm³/mol. The number of carbonyl (C=O) groups excluding carboxylic acids is 2. The second-order valence-corrected chi connectivity index (χ2v) is 8.19. The van der Waals surface area contributed by atoms with Gasteiger partial charge in [-0.3, -0.25) is 9.59 Å². The highest BCUT2D eigenvalue weighted by molar-refractivity contribution is 6.03. The zero-order chi connectivity index (χ0) is 22.7. The molecule has 1 heterocycles. The van der Waals surface area contributed by atoms with Gasteiger partial charge in [-0.1, -0.05) is 78.4 Å². The molecular formula is C27H27NO4. The molecule has 0 unspecified atom stereocenters. The maximum absolute atomic E-state index is 13.4. The molecule has 5 heteroatoms. The van der Waals surface area contributed by atoms with Gasteiger partial charge in [-0.2, -0.15) is 0 Å². The van der Waals surface area contributed by atoms with Crippen molar-refractivity contribution >= 4 is 17.6 Å². The second-order valence-electron chi connectivity index (χ2n) is 8.19. The molecule has 0 N–H and O–H groups in total. The average molecular weight is 430 g/mol. The Hall–Kier alpha value is -3.60. The highest BCUT2D eigenvalue weighted by Gasteiger charge is 2.59. The van der Waals surface area contributed by atoms with Crippen molar-refractivity contribution < 1.29 is 19.1 Å². The zero-order valence-corrected chi connectivity index (χ0v) is 18.6. The van der Waals surface area contributed by atoms with Gasteiger partial charge < -0.3 is 14.4 Å². The number of fused-ring (bicyclic) bond motifs is 1. The number of carbonyl (C=O) groups is 2. The van der Waals surface area contributed by atoms with E-state index in [1.165, 1.54) is 14.2 Å². The largest absolute Gasteiger partial charge is 0.468 e. The van der Waals surface area contributed by atoms with E-state index in [-0.39, 0.29) is 6.42 Å². The Kier molecular flexibility index (Phi) is 5.99. The van der Waals surface area contributed by atoms with Crippen molar-refractivity contribution in [2.45, 2.75) is 25.9 Å². The Labute approximate surface area is 188 Å². The van der Waals surface area contributed by atoms with Gasteiger partial charge in [0, 0.05) is 18.7 Å². The van der Waals surface area contributed by atoms with Gasteiger partial charge in [-0.15, -0.1) is 0 Å². The van der Waals surface area contributed by atoms with Crippen LogP contribution in [0, 0.1) is 12.3 Å². The SMILES string of the molecule is COC(=O)C1(C(=O)OC)Cc2cc(C)ccc2N(Cc2ccccc2)[C@H]1c1ccccc1. The zero-order valence-electron chi connectivity index (χ0n) is 18.6. The fourth-order valence-electron chi connectivity index (χ4n) is 4.81. The molecule has 0 spiro atoms. The third kappa shape index (κ3) is 3.64. The van der Waals surface area contributed by atoms with E-state index in [4.69, 9.17) is 9.47 Å². The number of anilines is 1. The maximum atomic E-state index is 13.4. The van der Waals surface area contributed by atoms with Gasteiger partial charge in [0.15, 0.2) is 5.41 Å². The molecule has 32 heavy (non-hydrogen) atoms. The summed E-state index contributed by atoms with van der Waals surface area (Å²) in [6.07, 6.45) is 0.203. The van der Waals surface area contributed by atoms with E-state index in [2.05, 4.69) is 17.0 Å². The summed E-state index contributed by atoms with van der Waals surface area (Å²) >= 11 is 0. The van der Waals surface area contributed by atoms with Crippen LogP contribution in [0.2, 0.25) is 0 Å². The lowest BCUT2D eigenvalue weighted by atomic mass is 9.68. The normalized spacial score (nSPS) is 16.7. The standard InChI is InChI=1S/C27H27NO4/c1-19-14-15-23-22(16-19)17-27(25(29)31-2,26(30)32-3)24(21-12-8-5-9-13-21)28(23)18-20-10-6-4-7-11-20/h4-16,24H,17-18H2,1-3H3/t24-/m0/s1. The van der Waals surface area contributed by atoms with Gasteiger partial charge >= 0.3 is 11.9 Å². The van der Waals surface area contributed by atoms with Crippen molar-refractivity contribution in [3.63, 3.8) is 0 Å². The van der Waals surface area contributed by atoms with E-state index in [0.717, 1.165) is 27.9 Å². The van der Waals surface area contributed by atoms with E-state index < -0.39 is 23.4 Å².